The van der Waals surface area contributed by atoms with Gasteiger partial charge in [-0.05, 0) is 18.2 Å². The summed E-state index contributed by atoms with van der Waals surface area (Å²) in [6, 6.07) is 6.12. The lowest BCUT2D eigenvalue weighted by molar-refractivity contribution is 0.276. The molecule has 0 amide bonds. The van der Waals surface area contributed by atoms with Crippen LogP contribution in [-0.2, 0) is 13.0 Å². The molecule has 0 radical (unpaired) electrons. The van der Waals surface area contributed by atoms with Gasteiger partial charge >= 0.3 is 0 Å². The van der Waals surface area contributed by atoms with Crippen LogP contribution in [0.25, 0.3) is 0 Å². The zero-order valence-electron chi connectivity index (χ0n) is 8.90. The molecule has 0 atom stereocenters. The Labute approximate surface area is 103 Å². The van der Waals surface area contributed by atoms with Gasteiger partial charge in [-0.15, -0.1) is 0 Å². The first-order chi connectivity index (χ1) is 8.20. The van der Waals surface area contributed by atoms with Crippen molar-refractivity contribution in [2.24, 2.45) is 0 Å². The van der Waals surface area contributed by atoms with Gasteiger partial charge in [-0.1, -0.05) is 17.7 Å². The molecule has 0 spiro atoms. The molecular weight excluding hydrogens is 243 g/mol. The molecule has 2 aromatic rings. The summed E-state index contributed by atoms with van der Waals surface area (Å²) in [5.41, 5.74) is 0.867. The first kappa shape index (κ1) is 12.0. The molecule has 1 N–H and O–H groups in total. The molecule has 17 heavy (non-hydrogen) atoms. The van der Waals surface area contributed by atoms with Crippen molar-refractivity contribution in [2.75, 3.05) is 0 Å². The molecule has 2 rings (SSSR count). The normalized spacial score (nSPS) is 10.5. The maximum absolute atomic E-state index is 13.5. The van der Waals surface area contributed by atoms with Gasteiger partial charge in [0.15, 0.2) is 0 Å². The first-order valence-electron chi connectivity index (χ1n) is 5.05. The van der Waals surface area contributed by atoms with Gasteiger partial charge in [-0.25, -0.2) is 14.4 Å². The van der Waals surface area contributed by atoms with Crippen molar-refractivity contribution < 1.29 is 9.50 Å². The van der Waals surface area contributed by atoms with Gasteiger partial charge in [0, 0.05) is 23.2 Å². The highest BCUT2D eigenvalue weighted by Crippen LogP contribution is 2.21. The fraction of sp³-hybridized carbons (Fsp3) is 0.167. The predicted molar refractivity (Wildman–Crippen MR) is 62.2 cm³/mol. The smallest absolute Gasteiger partial charge is 0.133 e. The molecule has 0 fully saturated rings. The van der Waals surface area contributed by atoms with Crippen LogP contribution in [0.15, 0.2) is 30.5 Å². The van der Waals surface area contributed by atoms with E-state index in [0.29, 0.717) is 22.1 Å². The summed E-state index contributed by atoms with van der Waals surface area (Å²) in [7, 11) is 0. The van der Waals surface area contributed by atoms with Crippen LogP contribution in [0.1, 0.15) is 17.1 Å². The van der Waals surface area contributed by atoms with Gasteiger partial charge < -0.3 is 5.11 Å². The molecule has 0 aliphatic rings. The van der Waals surface area contributed by atoms with Crippen molar-refractivity contribution in [3.63, 3.8) is 0 Å². The van der Waals surface area contributed by atoms with Gasteiger partial charge in [-0.3, -0.25) is 0 Å². The number of aliphatic hydroxyl groups is 1. The highest BCUT2D eigenvalue weighted by Gasteiger charge is 2.09. The van der Waals surface area contributed by atoms with Crippen molar-refractivity contribution in [3.8, 4) is 0 Å². The number of hydrogen-bond donors (Lipinski definition) is 1. The van der Waals surface area contributed by atoms with E-state index in [4.69, 9.17) is 16.7 Å². The lowest BCUT2D eigenvalue weighted by Crippen LogP contribution is -2.02. The molecule has 88 valence electrons. The largest absolute Gasteiger partial charge is 0.390 e. The first-order valence-corrected chi connectivity index (χ1v) is 5.43. The van der Waals surface area contributed by atoms with E-state index in [0.717, 1.165) is 0 Å². The minimum atomic E-state index is -0.379. The number of halogens is 2. The second-order valence-electron chi connectivity index (χ2n) is 3.50. The molecule has 0 aliphatic carbocycles. The van der Waals surface area contributed by atoms with Gasteiger partial charge in [0.2, 0.25) is 0 Å². The highest BCUT2D eigenvalue weighted by atomic mass is 35.5. The number of rotatable bonds is 3. The SMILES string of the molecule is OCc1ccnc(Cc2c(F)cccc2Cl)n1. The van der Waals surface area contributed by atoms with E-state index in [1.807, 2.05) is 0 Å². The van der Waals surface area contributed by atoms with E-state index in [-0.39, 0.29) is 18.8 Å². The Bertz CT molecular complexity index is 513. The Morgan fingerprint density at radius 1 is 1.29 bits per heavy atom. The molecular formula is C12H10ClFN2O. The van der Waals surface area contributed by atoms with E-state index in [2.05, 4.69) is 9.97 Å². The van der Waals surface area contributed by atoms with Gasteiger partial charge in [0.25, 0.3) is 0 Å². The van der Waals surface area contributed by atoms with E-state index < -0.39 is 0 Å². The van der Waals surface area contributed by atoms with Crippen LogP contribution in [0, 0.1) is 5.82 Å². The number of nitrogens with zero attached hydrogens (tertiary/aromatic N) is 2. The fourth-order valence-corrected chi connectivity index (χ4v) is 1.70. The lowest BCUT2D eigenvalue weighted by atomic mass is 10.1. The summed E-state index contributed by atoms with van der Waals surface area (Å²) in [6.45, 7) is -0.166. The Morgan fingerprint density at radius 2 is 2.12 bits per heavy atom. The highest BCUT2D eigenvalue weighted by molar-refractivity contribution is 6.31. The number of aromatic nitrogens is 2. The molecule has 5 heteroatoms. The fourth-order valence-electron chi connectivity index (χ4n) is 1.47. The zero-order valence-corrected chi connectivity index (χ0v) is 9.65. The quantitative estimate of drug-likeness (QED) is 0.912. The van der Waals surface area contributed by atoms with Crippen LogP contribution < -0.4 is 0 Å². The average molecular weight is 253 g/mol. The monoisotopic (exact) mass is 252 g/mol. The van der Waals surface area contributed by atoms with Crippen LogP contribution in [0.5, 0.6) is 0 Å². The Kier molecular flexibility index (Phi) is 3.66. The van der Waals surface area contributed by atoms with Crippen LogP contribution in [0.3, 0.4) is 0 Å². The Morgan fingerprint density at radius 3 is 2.82 bits per heavy atom. The van der Waals surface area contributed by atoms with E-state index in [1.165, 1.54) is 12.3 Å². The van der Waals surface area contributed by atoms with E-state index in [1.54, 1.807) is 18.2 Å². The summed E-state index contributed by atoms with van der Waals surface area (Å²) in [4.78, 5) is 8.10. The van der Waals surface area contributed by atoms with Crippen molar-refractivity contribution in [1.29, 1.82) is 0 Å². The summed E-state index contributed by atoms with van der Waals surface area (Å²) < 4.78 is 13.5. The topological polar surface area (TPSA) is 46.0 Å². The number of benzene rings is 1. The third-order valence-corrected chi connectivity index (χ3v) is 2.68. The third-order valence-electron chi connectivity index (χ3n) is 2.32. The van der Waals surface area contributed by atoms with Crippen LogP contribution >= 0.6 is 11.6 Å². The Hall–Kier alpha value is -1.52. The van der Waals surface area contributed by atoms with Crippen molar-refractivity contribution >= 4 is 11.6 Å². The van der Waals surface area contributed by atoms with Crippen LogP contribution in [0.2, 0.25) is 5.02 Å². The lowest BCUT2D eigenvalue weighted by Gasteiger charge is -2.05. The summed E-state index contributed by atoms with van der Waals surface area (Å²) in [5, 5.41) is 9.30. The molecule has 0 bridgehead atoms. The van der Waals surface area contributed by atoms with Crippen LogP contribution in [-0.4, -0.2) is 15.1 Å². The minimum Gasteiger partial charge on any atom is -0.390 e. The van der Waals surface area contributed by atoms with Crippen molar-refractivity contribution in [1.82, 2.24) is 9.97 Å². The molecule has 3 nitrogen and oxygen atoms in total. The molecule has 1 aromatic heterocycles. The average Bonchev–Trinajstić information content (AvgIpc) is 2.34. The van der Waals surface area contributed by atoms with Crippen molar-refractivity contribution in [3.05, 3.63) is 58.4 Å². The minimum absolute atomic E-state index is 0.166. The Balaban J connectivity index is 2.31. The van der Waals surface area contributed by atoms with Gasteiger partial charge in [0.05, 0.1) is 12.3 Å². The van der Waals surface area contributed by atoms with E-state index in [9.17, 15) is 4.39 Å². The second kappa shape index (κ2) is 5.21. The molecule has 1 heterocycles. The zero-order chi connectivity index (χ0) is 12.3. The maximum atomic E-state index is 13.5. The molecule has 0 aliphatic heterocycles. The number of hydrogen-bond acceptors (Lipinski definition) is 3. The number of aliphatic hydroxyl groups excluding tert-OH is 1. The molecule has 1 aromatic carbocycles. The second-order valence-corrected chi connectivity index (χ2v) is 3.91. The third kappa shape index (κ3) is 2.78. The summed E-state index contributed by atoms with van der Waals surface area (Å²) in [6.07, 6.45) is 1.74. The van der Waals surface area contributed by atoms with Crippen LogP contribution in [0.4, 0.5) is 4.39 Å². The molecule has 0 saturated heterocycles. The maximum Gasteiger partial charge on any atom is 0.133 e. The summed E-state index contributed by atoms with van der Waals surface area (Å²) >= 11 is 5.91. The summed E-state index contributed by atoms with van der Waals surface area (Å²) in [5.74, 6) is 0.0547. The van der Waals surface area contributed by atoms with E-state index >= 15 is 0 Å². The van der Waals surface area contributed by atoms with Gasteiger partial charge in [-0.2, -0.15) is 0 Å². The molecule has 0 saturated carbocycles. The predicted octanol–water partition coefficient (Wildman–Crippen LogP) is 2.35. The molecule has 0 unspecified atom stereocenters. The standard InChI is InChI=1S/C12H10ClFN2O/c13-10-2-1-3-11(14)9(10)6-12-15-5-4-8(7-17)16-12/h1-5,17H,6-7H2. The van der Waals surface area contributed by atoms with Gasteiger partial charge in [0.1, 0.15) is 11.6 Å². The van der Waals surface area contributed by atoms with Crippen molar-refractivity contribution in [2.45, 2.75) is 13.0 Å².